The van der Waals surface area contributed by atoms with E-state index in [9.17, 15) is 14.4 Å². The minimum absolute atomic E-state index is 0.159. The molecule has 1 aromatic carbocycles. The Balaban J connectivity index is 1.16. The summed E-state index contributed by atoms with van der Waals surface area (Å²) in [7, 11) is 0. The van der Waals surface area contributed by atoms with E-state index in [1.54, 1.807) is 24.3 Å². The van der Waals surface area contributed by atoms with Crippen molar-refractivity contribution in [1.29, 1.82) is 0 Å². The van der Waals surface area contributed by atoms with E-state index >= 15 is 0 Å². The van der Waals surface area contributed by atoms with Gasteiger partial charge in [0.2, 0.25) is 0 Å². The molecule has 0 atom stereocenters. The standard InChI is InChI=1S/C39H65NO15/c1-2-3-4-5-10-37(41)55-34-33-54-32-31-53-30-29-52-28-27-51-26-25-50-24-23-49-22-21-48-20-19-47-18-17-46-16-15-45-14-13-44-12-11-40-38(42)35-8-6-7-9-36(35)39(40)43/h6-9H,2-5,10-34H2,1H3. The van der Waals surface area contributed by atoms with Gasteiger partial charge in [-0.05, 0) is 18.6 Å². The van der Waals surface area contributed by atoms with Crippen LogP contribution in [0.2, 0.25) is 0 Å². The maximum atomic E-state index is 12.3. The van der Waals surface area contributed by atoms with Crippen LogP contribution in [0.15, 0.2) is 24.3 Å². The molecule has 316 valence electrons. The van der Waals surface area contributed by atoms with Crippen molar-refractivity contribution in [3.63, 3.8) is 0 Å². The zero-order valence-electron chi connectivity index (χ0n) is 32.9. The molecule has 0 unspecified atom stereocenters. The molecule has 0 saturated heterocycles. The zero-order chi connectivity index (χ0) is 39.3. The highest BCUT2D eigenvalue weighted by atomic mass is 16.6. The molecule has 0 radical (unpaired) electrons. The topological polar surface area (TPSA) is 165 Å². The van der Waals surface area contributed by atoms with Crippen molar-refractivity contribution in [2.24, 2.45) is 0 Å². The Morgan fingerprint density at radius 3 is 1.07 bits per heavy atom. The molecule has 0 aromatic heterocycles. The molecule has 16 heteroatoms. The number of amides is 2. The molecule has 55 heavy (non-hydrogen) atoms. The lowest BCUT2D eigenvalue weighted by atomic mass is 10.1. The number of hydrogen-bond acceptors (Lipinski definition) is 15. The van der Waals surface area contributed by atoms with Gasteiger partial charge in [-0.15, -0.1) is 0 Å². The maximum Gasteiger partial charge on any atom is 0.305 e. The van der Waals surface area contributed by atoms with Gasteiger partial charge in [-0.1, -0.05) is 38.3 Å². The molecule has 2 amide bonds. The maximum absolute atomic E-state index is 12.3. The average molecular weight is 788 g/mol. The highest BCUT2D eigenvalue weighted by molar-refractivity contribution is 6.21. The Morgan fingerprint density at radius 2 is 0.745 bits per heavy atom. The van der Waals surface area contributed by atoms with E-state index in [4.69, 9.17) is 56.8 Å². The molecule has 0 N–H and O–H groups in total. The number of carbonyl (C=O) groups excluding carboxylic acids is 3. The summed E-state index contributed by atoms with van der Waals surface area (Å²) < 4.78 is 65.3. The molecule has 16 nitrogen and oxygen atoms in total. The van der Waals surface area contributed by atoms with Crippen LogP contribution in [0.3, 0.4) is 0 Å². The summed E-state index contributed by atoms with van der Waals surface area (Å²) in [5.41, 5.74) is 0.878. The SMILES string of the molecule is CCCCCCC(=O)OCCOCCOCCOCCOCCOCCOCCOCCOCCOCCOCCOCCN1C(=O)c2ccccc2C1=O. The van der Waals surface area contributed by atoms with Gasteiger partial charge in [-0.25, -0.2) is 0 Å². The second kappa shape index (κ2) is 35.8. The monoisotopic (exact) mass is 787 g/mol. The first kappa shape index (κ1) is 48.5. The summed E-state index contributed by atoms with van der Waals surface area (Å²) >= 11 is 0. The molecule has 1 aromatic rings. The number of imide groups is 1. The number of unbranched alkanes of at least 4 members (excludes halogenated alkanes) is 3. The van der Waals surface area contributed by atoms with Gasteiger partial charge in [0, 0.05) is 6.42 Å². The van der Waals surface area contributed by atoms with E-state index < -0.39 is 0 Å². The van der Waals surface area contributed by atoms with Crippen LogP contribution in [0.1, 0.15) is 59.7 Å². The third kappa shape index (κ3) is 26.0. The van der Waals surface area contributed by atoms with Crippen LogP contribution >= 0.6 is 0 Å². The van der Waals surface area contributed by atoms with Crippen LogP contribution in [0.5, 0.6) is 0 Å². The van der Waals surface area contributed by atoms with Crippen molar-refractivity contribution in [2.45, 2.75) is 39.0 Å². The van der Waals surface area contributed by atoms with Crippen LogP contribution in [0.25, 0.3) is 0 Å². The van der Waals surface area contributed by atoms with E-state index in [2.05, 4.69) is 6.92 Å². The lowest BCUT2D eigenvalue weighted by Crippen LogP contribution is -2.33. The number of carbonyl (C=O) groups is 3. The molecule has 0 fully saturated rings. The van der Waals surface area contributed by atoms with Crippen molar-refractivity contribution >= 4 is 17.8 Å². The molecule has 2 rings (SSSR count). The third-order valence-corrected chi connectivity index (χ3v) is 7.78. The quantitative estimate of drug-likeness (QED) is 0.0540. The van der Waals surface area contributed by atoms with Crippen molar-refractivity contribution in [1.82, 2.24) is 4.90 Å². The van der Waals surface area contributed by atoms with Crippen LogP contribution in [-0.4, -0.2) is 181 Å². The normalized spacial score (nSPS) is 12.6. The van der Waals surface area contributed by atoms with Gasteiger partial charge in [-0.3, -0.25) is 19.3 Å². The Labute approximate surface area is 326 Å². The van der Waals surface area contributed by atoms with Crippen LogP contribution < -0.4 is 0 Å². The molecular formula is C39H65NO15. The van der Waals surface area contributed by atoms with E-state index in [0.717, 1.165) is 25.7 Å². The first-order valence-corrected chi connectivity index (χ1v) is 19.6. The lowest BCUT2D eigenvalue weighted by molar-refractivity contribution is -0.145. The molecule has 0 bridgehead atoms. The van der Waals surface area contributed by atoms with Gasteiger partial charge < -0.3 is 56.8 Å². The molecule has 1 aliphatic heterocycles. The van der Waals surface area contributed by atoms with Crippen LogP contribution in [0, 0.1) is 0 Å². The smallest absolute Gasteiger partial charge is 0.305 e. The number of rotatable bonds is 41. The van der Waals surface area contributed by atoms with Gasteiger partial charge in [0.05, 0.1) is 163 Å². The van der Waals surface area contributed by atoms with E-state index in [0.29, 0.717) is 156 Å². The minimum atomic E-state index is -0.281. The number of nitrogens with zero attached hydrogens (tertiary/aromatic N) is 1. The van der Waals surface area contributed by atoms with E-state index in [-0.39, 0.29) is 37.5 Å². The summed E-state index contributed by atoms with van der Waals surface area (Å²) in [6.45, 7) is 12.4. The predicted octanol–water partition coefficient (Wildman–Crippen LogP) is 2.98. The van der Waals surface area contributed by atoms with E-state index in [1.165, 1.54) is 4.90 Å². The lowest BCUT2D eigenvalue weighted by Gasteiger charge is -2.13. The van der Waals surface area contributed by atoms with Crippen LogP contribution in [0.4, 0.5) is 0 Å². The molecular weight excluding hydrogens is 722 g/mol. The summed E-state index contributed by atoms with van der Waals surface area (Å²) in [4.78, 5) is 37.4. The van der Waals surface area contributed by atoms with E-state index in [1.807, 2.05) is 0 Å². The summed E-state index contributed by atoms with van der Waals surface area (Å²) in [6.07, 6.45) is 4.73. The second-order valence-corrected chi connectivity index (χ2v) is 12.1. The van der Waals surface area contributed by atoms with Crippen molar-refractivity contribution in [3.05, 3.63) is 35.4 Å². The van der Waals surface area contributed by atoms with Crippen molar-refractivity contribution in [2.75, 3.05) is 159 Å². The summed E-state index contributed by atoms with van der Waals surface area (Å²) in [5.74, 6) is -0.721. The number of benzene rings is 1. The summed E-state index contributed by atoms with van der Waals surface area (Å²) in [5, 5.41) is 0. The molecule has 1 heterocycles. The fraction of sp³-hybridized carbons (Fsp3) is 0.769. The number of esters is 1. The largest absolute Gasteiger partial charge is 0.463 e. The van der Waals surface area contributed by atoms with Gasteiger partial charge in [0.25, 0.3) is 11.8 Å². The van der Waals surface area contributed by atoms with Crippen molar-refractivity contribution < 1.29 is 71.2 Å². The van der Waals surface area contributed by atoms with Crippen LogP contribution in [-0.2, 0) is 61.6 Å². The van der Waals surface area contributed by atoms with Gasteiger partial charge in [-0.2, -0.15) is 0 Å². The highest BCUT2D eigenvalue weighted by Gasteiger charge is 2.34. The average Bonchev–Trinajstić information content (AvgIpc) is 3.44. The van der Waals surface area contributed by atoms with Gasteiger partial charge in [0.1, 0.15) is 6.61 Å². The number of ether oxygens (including phenoxy) is 12. The number of hydrogen-bond donors (Lipinski definition) is 0. The minimum Gasteiger partial charge on any atom is -0.463 e. The fourth-order valence-electron chi connectivity index (χ4n) is 4.88. The van der Waals surface area contributed by atoms with Gasteiger partial charge >= 0.3 is 5.97 Å². The highest BCUT2D eigenvalue weighted by Crippen LogP contribution is 2.21. The Kier molecular flexibility index (Phi) is 31.6. The first-order valence-electron chi connectivity index (χ1n) is 19.6. The Bertz CT molecular complexity index is 1060. The molecule has 0 spiro atoms. The second-order valence-electron chi connectivity index (χ2n) is 12.1. The van der Waals surface area contributed by atoms with Crippen molar-refractivity contribution in [3.8, 4) is 0 Å². The Morgan fingerprint density at radius 1 is 0.436 bits per heavy atom. The van der Waals surface area contributed by atoms with Gasteiger partial charge in [0.15, 0.2) is 0 Å². The molecule has 1 aliphatic rings. The number of fused-ring (bicyclic) bond motifs is 1. The summed E-state index contributed by atoms with van der Waals surface area (Å²) in [6, 6.07) is 6.81. The third-order valence-electron chi connectivity index (χ3n) is 7.78. The Hall–Kier alpha value is -2.61. The first-order chi connectivity index (χ1) is 27.1. The predicted molar refractivity (Wildman–Crippen MR) is 201 cm³/mol. The molecule has 0 aliphatic carbocycles. The zero-order valence-corrected chi connectivity index (χ0v) is 32.9. The molecule has 0 saturated carbocycles. The fourth-order valence-corrected chi connectivity index (χ4v) is 4.88.